The lowest BCUT2D eigenvalue weighted by atomic mass is 10.2. The number of methoxy groups -OCH3 is 1. The monoisotopic (exact) mass is 244 g/mol. The third-order valence-electron chi connectivity index (χ3n) is 2.71. The Morgan fingerprint density at radius 1 is 1.06 bits per heavy atom. The highest BCUT2D eigenvalue weighted by atomic mass is 16.5. The SMILES string of the molecule is COc1cc(OCc2ccccc2)c(C)cc1O. The summed E-state index contributed by atoms with van der Waals surface area (Å²) in [5, 5.41) is 9.62. The maximum absolute atomic E-state index is 9.62. The van der Waals surface area contributed by atoms with E-state index in [1.807, 2.05) is 37.3 Å². The average Bonchev–Trinajstić information content (AvgIpc) is 2.39. The van der Waals surface area contributed by atoms with Crippen LogP contribution in [0.2, 0.25) is 0 Å². The van der Waals surface area contributed by atoms with Gasteiger partial charge in [-0.25, -0.2) is 0 Å². The van der Waals surface area contributed by atoms with E-state index >= 15 is 0 Å². The molecule has 3 nitrogen and oxygen atoms in total. The third kappa shape index (κ3) is 2.74. The lowest BCUT2D eigenvalue weighted by Crippen LogP contribution is -1.97. The highest BCUT2D eigenvalue weighted by molar-refractivity contribution is 5.49. The Kier molecular flexibility index (Phi) is 3.72. The van der Waals surface area contributed by atoms with E-state index in [0.29, 0.717) is 18.1 Å². The number of phenolic OH excluding ortho intramolecular Hbond substituents is 1. The molecule has 94 valence electrons. The zero-order valence-corrected chi connectivity index (χ0v) is 10.5. The fourth-order valence-electron chi connectivity index (χ4n) is 1.71. The van der Waals surface area contributed by atoms with Crippen LogP contribution in [0.1, 0.15) is 11.1 Å². The number of hydrogen-bond donors (Lipinski definition) is 1. The summed E-state index contributed by atoms with van der Waals surface area (Å²) >= 11 is 0. The largest absolute Gasteiger partial charge is 0.504 e. The molecular weight excluding hydrogens is 228 g/mol. The smallest absolute Gasteiger partial charge is 0.164 e. The summed E-state index contributed by atoms with van der Waals surface area (Å²) in [6, 6.07) is 13.3. The Labute approximate surface area is 107 Å². The van der Waals surface area contributed by atoms with Crippen LogP contribution in [0.25, 0.3) is 0 Å². The molecule has 1 N–H and O–H groups in total. The van der Waals surface area contributed by atoms with Gasteiger partial charge in [0.25, 0.3) is 0 Å². The molecule has 0 aliphatic rings. The predicted molar refractivity (Wildman–Crippen MR) is 70.2 cm³/mol. The van der Waals surface area contributed by atoms with Gasteiger partial charge in [-0.05, 0) is 24.1 Å². The van der Waals surface area contributed by atoms with E-state index in [0.717, 1.165) is 11.1 Å². The van der Waals surface area contributed by atoms with Crippen LogP contribution in [0.5, 0.6) is 17.2 Å². The summed E-state index contributed by atoms with van der Waals surface area (Å²) in [6.07, 6.45) is 0. The molecule has 0 saturated heterocycles. The Balaban J connectivity index is 2.14. The van der Waals surface area contributed by atoms with E-state index in [4.69, 9.17) is 9.47 Å². The minimum absolute atomic E-state index is 0.127. The number of hydrogen-bond acceptors (Lipinski definition) is 3. The van der Waals surface area contributed by atoms with Crippen LogP contribution in [0.3, 0.4) is 0 Å². The molecule has 0 spiro atoms. The van der Waals surface area contributed by atoms with Crippen LogP contribution in [0.15, 0.2) is 42.5 Å². The third-order valence-corrected chi connectivity index (χ3v) is 2.71. The van der Waals surface area contributed by atoms with Crippen molar-refractivity contribution in [3.05, 3.63) is 53.6 Å². The van der Waals surface area contributed by atoms with Gasteiger partial charge in [-0.15, -0.1) is 0 Å². The molecule has 3 heteroatoms. The topological polar surface area (TPSA) is 38.7 Å². The van der Waals surface area contributed by atoms with E-state index in [-0.39, 0.29) is 5.75 Å². The Hall–Kier alpha value is -2.16. The molecule has 2 aromatic carbocycles. The molecule has 0 atom stereocenters. The molecule has 0 aliphatic carbocycles. The van der Waals surface area contributed by atoms with Crippen molar-refractivity contribution in [3.8, 4) is 17.2 Å². The van der Waals surface area contributed by atoms with Gasteiger partial charge in [-0.1, -0.05) is 30.3 Å². The van der Waals surface area contributed by atoms with Gasteiger partial charge in [0.1, 0.15) is 12.4 Å². The van der Waals surface area contributed by atoms with Crippen LogP contribution < -0.4 is 9.47 Å². The lowest BCUT2D eigenvalue weighted by molar-refractivity contribution is 0.299. The maximum atomic E-state index is 9.62. The molecule has 0 fully saturated rings. The standard InChI is InChI=1S/C15H16O3/c1-11-8-13(16)15(17-2)9-14(11)18-10-12-6-4-3-5-7-12/h3-9,16H,10H2,1-2H3. The van der Waals surface area contributed by atoms with E-state index in [1.54, 1.807) is 12.1 Å². The van der Waals surface area contributed by atoms with Crippen molar-refractivity contribution in [2.24, 2.45) is 0 Å². The van der Waals surface area contributed by atoms with Crippen molar-refractivity contribution in [3.63, 3.8) is 0 Å². The van der Waals surface area contributed by atoms with Crippen LogP contribution in [-0.2, 0) is 6.61 Å². The molecule has 0 heterocycles. The fraction of sp³-hybridized carbons (Fsp3) is 0.200. The summed E-state index contributed by atoms with van der Waals surface area (Å²) in [5.74, 6) is 1.26. The minimum atomic E-state index is 0.127. The summed E-state index contributed by atoms with van der Waals surface area (Å²) < 4.78 is 10.8. The average molecular weight is 244 g/mol. The van der Waals surface area contributed by atoms with E-state index in [2.05, 4.69) is 0 Å². The van der Waals surface area contributed by atoms with Gasteiger partial charge in [0, 0.05) is 6.07 Å². The maximum Gasteiger partial charge on any atom is 0.164 e. The summed E-state index contributed by atoms with van der Waals surface area (Å²) in [6.45, 7) is 2.38. The molecule has 0 aliphatic heterocycles. The number of aromatic hydroxyl groups is 1. The normalized spacial score (nSPS) is 10.1. The second-order valence-corrected chi connectivity index (χ2v) is 4.06. The summed E-state index contributed by atoms with van der Waals surface area (Å²) in [5.41, 5.74) is 1.98. The van der Waals surface area contributed by atoms with Crippen LogP contribution in [0.4, 0.5) is 0 Å². The first-order valence-electron chi connectivity index (χ1n) is 5.75. The first kappa shape index (κ1) is 12.3. The van der Waals surface area contributed by atoms with E-state index < -0.39 is 0 Å². The first-order chi connectivity index (χ1) is 8.70. The minimum Gasteiger partial charge on any atom is -0.504 e. The van der Waals surface area contributed by atoms with Gasteiger partial charge in [0.2, 0.25) is 0 Å². The number of rotatable bonds is 4. The fourth-order valence-corrected chi connectivity index (χ4v) is 1.71. The molecule has 0 bridgehead atoms. The molecule has 18 heavy (non-hydrogen) atoms. The highest BCUT2D eigenvalue weighted by Crippen LogP contribution is 2.33. The van der Waals surface area contributed by atoms with Gasteiger partial charge in [-0.3, -0.25) is 0 Å². The summed E-state index contributed by atoms with van der Waals surface area (Å²) in [4.78, 5) is 0. The van der Waals surface area contributed by atoms with Gasteiger partial charge in [0.05, 0.1) is 7.11 Å². The zero-order chi connectivity index (χ0) is 13.0. The Morgan fingerprint density at radius 3 is 2.44 bits per heavy atom. The second kappa shape index (κ2) is 5.45. The second-order valence-electron chi connectivity index (χ2n) is 4.06. The molecule has 2 rings (SSSR count). The summed E-state index contributed by atoms with van der Waals surface area (Å²) in [7, 11) is 1.52. The lowest BCUT2D eigenvalue weighted by Gasteiger charge is -2.12. The van der Waals surface area contributed by atoms with Crippen LogP contribution >= 0.6 is 0 Å². The first-order valence-corrected chi connectivity index (χ1v) is 5.75. The molecule has 0 saturated carbocycles. The van der Waals surface area contributed by atoms with E-state index in [9.17, 15) is 5.11 Å². The van der Waals surface area contributed by atoms with Gasteiger partial charge in [-0.2, -0.15) is 0 Å². The highest BCUT2D eigenvalue weighted by Gasteiger charge is 2.08. The van der Waals surface area contributed by atoms with Crippen molar-refractivity contribution in [1.29, 1.82) is 0 Å². The molecule has 0 aromatic heterocycles. The molecular formula is C15H16O3. The van der Waals surface area contributed by atoms with Crippen molar-refractivity contribution < 1.29 is 14.6 Å². The molecule has 0 radical (unpaired) electrons. The van der Waals surface area contributed by atoms with Crippen molar-refractivity contribution in [2.45, 2.75) is 13.5 Å². The van der Waals surface area contributed by atoms with Gasteiger partial charge < -0.3 is 14.6 Å². The Bertz CT molecular complexity index is 521. The van der Waals surface area contributed by atoms with Crippen LogP contribution in [0, 0.1) is 6.92 Å². The number of benzene rings is 2. The number of aryl methyl sites for hydroxylation is 1. The van der Waals surface area contributed by atoms with Gasteiger partial charge >= 0.3 is 0 Å². The van der Waals surface area contributed by atoms with Crippen molar-refractivity contribution in [1.82, 2.24) is 0 Å². The quantitative estimate of drug-likeness (QED) is 0.897. The van der Waals surface area contributed by atoms with Gasteiger partial charge in [0.15, 0.2) is 11.5 Å². The van der Waals surface area contributed by atoms with Crippen molar-refractivity contribution in [2.75, 3.05) is 7.11 Å². The number of phenols is 1. The number of ether oxygens (including phenoxy) is 2. The predicted octanol–water partition coefficient (Wildman–Crippen LogP) is 3.29. The molecule has 0 amide bonds. The van der Waals surface area contributed by atoms with E-state index in [1.165, 1.54) is 7.11 Å². The Morgan fingerprint density at radius 2 is 1.78 bits per heavy atom. The van der Waals surface area contributed by atoms with Crippen molar-refractivity contribution >= 4 is 0 Å². The molecule has 0 unspecified atom stereocenters. The zero-order valence-electron chi connectivity index (χ0n) is 10.5. The molecule has 2 aromatic rings. The van der Waals surface area contributed by atoms with Crippen LogP contribution in [-0.4, -0.2) is 12.2 Å².